The Balaban J connectivity index is 2.11. The van der Waals surface area contributed by atoms with Gasteiger partial charge in [0.05, 0.1) is 12.6 Å². The monoisotopic (exact) mass is 306 g/mol. The summed E-state index contributed by atoms with van der Waals surface area (Å²) < 4.78 is 7.87. The second-order valence-electron chi connectivity index (χ2n) is 5.95. The molecule has 1 aromatic heterocycles. The maximum Gasteiger partial charge on any atom is 0.146 e. The van der Waals surface area contributed by atoms with Crippen molar-refractivity contribution >= 4 is 22.6 Å². The van der Waals surface area contributed by atoms with Crippen molar-refractivity contribution in [1.82, 2.24) is 9.55 Å². The molecular formula is C17H23ClN2O. The van der Waals surface area contributed by atoms with Crippen LogP contribution in [0.25, 0.3) is 11.0 Å². The van der Waals surface area contributed by atoms with Gasteiger partial charge in [-0.2, -0.15) is 0 Å². The molecule has 0 bridgehead atoms. The molecule has 114 valence electrons. The third kappa shape index (κ3) is 2.64. The predicted molar refractivity (Wildman–Crippen MR) is 87.4 cm³/mol. The largest absolute Gasteiger partial charge is 0.494 e. The number of methoxy groups -OCH3 is 1. The van der Waals surface area contributed by atoms with Gasteiger partial charge >= 0.3 is 0 Å². The van der Waals surface area contributed by atoms with Crippen molar-refractivity contribution in [2.75, 3.05) is 13.0 Å². The molecule has 2 aromatic rings. The summed E-state index contributed by atoms with van der Waals surface area (Å²) in [6, 6.07) is 6.65. The van der Waals surface area contributed by atoms with E-state index in [0.717, 1.165) is 29.4 Å². The summed E-state index contributed by atoms with van der Waals surface area (Å²) in [5.41, 5.74) is 2.14. The summed E-state index contributed by atoms with van der Waals surface area (Å²) in [5, 5.41) is 0. The summed E-state index contributed by atoms with van der Waals surface area (Å²) in [5.74, 6) is 3.29. The molecule has 0 amide bonds. The van der Waals surface area contributed by atoms with E-state index in [4.69, 9.17) is 21.3 Å². The van der Waals surface area contributed by atoms with Gasteiger partial charge in [0.25, 0.3) is 0 Å². The van der Waals surface area contributed by atoms with E-state index >= 15 is 0 Å². The van der Waals surface area contributed by atoms with Gasteiger partial charge in [-0.3, -0.25) is 0 Å². The van der Waals surface area contributed by atoms with Crippen LogP contribution in [0.4, 0.5) is 0 Å². The fourth-order valence-electron chi connectivity index (χ4n) is 3.67. The molecule has 0 aliphatic heterocycles. The van der Waals surface area contributed by atoms with Crippen molar-refractivity contribution in [3.05, 3.63) is 24.0 Å². The summed E-state index contributed by atoms with van der Waals surface area (Å²) in [7, 11) is 1.70. The summed E-state index contributed by atoms with van der Waals surface area (Å²) in [4.78, 5) is 4.82. The first-order valence-electron chi connectivity index (χ1n) is 7.86. The van der Waals surface area contributed by atoms with E-state index in [9.17, 15) is 0 Å². The molecule has 0 radical (unpaired) electrons. The summed E-state index contributed by atoms with van der Waals surface area (Å²) in [6.45, 7) is 2.33. The lowest BCUT2D eigenvalue weighted by molar-refractivity contribution is 0.360. The van der Waals surface area contributed by atoms with Crippen LogP contribution in [0.5, 0.6) is 5.75 Å². The minimum Gasteiger partial charge on any atom is -0.494 e. The maximum absolute atomic E-state index is 5.99. The van der Waals surface area contributed by atoms with Gasteiger partial charge in [0.15, 0.2) is 0 Å². The van der Waals surface area contributed by atoms with E-state index in [1.807, 2.05) is 12.1 Å². The molecule has 4 heteroatoms. The zero-order chi connectivity index (χ0) is 14.8. The van der Waals surface area contributed by atoms with E-state index in [-0.39, 0.29) is 0 Å². The molecule has 1 atom stereocenters. The van der Waals surface area contributed by atoms with Crippen LogP contribution in [0.1, 0.15) is 44.5 Å². The number of imidazole rings is 1. The van der Waals surface area contributed by atoms with Gasteiger partial charge < -0.3 is 9.30 Å². The van der Waals surface area contributed by atoms with Gasteiger partial charge in [-0.25, -0.2) is 4.98 Å². The summed E-state index contributed by atoms with van der Waals surface area (Å²) >= 11 is 5.99. The highest BCUT2D eigenvalue weighted by molar-refractivity contribution is 6.17. The van der Waals surface area contributed by atoms with E-state index < -0.39 is 0 Å². The van der Waals surface area contributed by atoms with Crippen LogP contribution in [-0.4, -0.2) is 22.5 Å². The average Bonchev–Trinajstić information content (AvgIpc) is 3.14. The minimum atomic E-state index is 0.475. The van der Waals surface area contributed by atoms with Crippen molar-refractivity contribution in [2.45, 2.75) is 45.1 Å². The number of rotatable bonds is 5. The molecular weight excluding hydrogens is 284 g/mol. The number of nitrogens with zero attached hydrogens (tertiary/aromatic N) is 2. The Labute approximate surface area is 131 Å². The molecule has 3 rings (SSSR count). The highest BCUT2D eigenvalue weighted by Gasteiger charge is 2.26. The number of hydrogen-bond donors (Lipinski definition) is 0. The minimum absolute atomic E-state index is 0.475. The lowest BCUT2D eigenvalue weighted by Gasteiger charge is -2.23. The normalized spacial score (nSPS) is 17.5. The predicted octanol–water partition coefficient (Wildman–Crippen LogP) is 4.58. The topological polar surface area (TPSA) is 27.1 Å². The molecule has 3 nitrogen and oxygen atoms in total. The number of benzene rings is 1. The van der Waals surface area contributed by atoms with Crippen molar-refractivity contribution in [2.24, 2.45) is 5.92 Å². The lowest BCUT2D eigenvalue weighted by atomic mass is 9.99. The van der Waals surface area contributed by atoms with Crippen LogP contribution in [-0.2, 0) is 6.42 Å². The Morgan fingerprint density at radius 2 is 2.14 bits per heavy atom. The maximum atomic E-state index is 5.99. The molecule has 1 aliphatic rings. The molecule has 0 spiro atoms. The van der Waals surface area contributed by atoms with Gasteiger partial charge in [0.2, 0.25) is 0 Å². The van der Waals surface area contributed by atoms with Crippen molar-refractivity contribution in [3.63, 3.8) is 0 Å². The van der Waals surface area contributed by atoms with E-state index in [1.165, 1.54) is 31.2 Å². The summed E-state index contributed by atoms with van der Waals surface area (Å²) in [6.07, 6.45) is 6.16. The smallest absolute Gasteiger partial charge is 0.146 e. The first-order chi connectivity index (χ1) is 10.3. The Bertz CT molecular complexity index is 617. The van der Waals surface area contributed by atoms with Gasteiger partial charge in [-0.05, 0) is 37.8 Å². The molecule has 21 heavy (non-hydrogen) atoms. The van der Waals surface area contributed by atoms with Crippen molar-refractivity contribution in [1.29, 1.82) is 0 Å². The number of ether oxygens (including phenoxy) is 1. The Morgan fingerprint density at radius 3 is 2.81 bits per heavy atom. The Kier molecular flexibility index (Phi) is 4.39. The van der Waals surface area contributed by atoms with Gasteiger partial charge in [0.1, 0.15) is 17.1 Å². The number of para-hydroxylation sites is 1. The van der Waals surface area contributed by atoms with Crippen LogP contribution in [0.2, 0.25) is 0 Å². The molecule has 1 fully saturated rings. The molecule has 0 saturated heterocycles. The number of aryl methyl sites for hydroxylation is 1. The molecule has 1 saturated carbocycles. The lowest BCUT2D eigenvalue weighted by Crippen LogP contribution is -2.17. The number of aromatic nitrogens is 2. The highest BCUT2D eigenvalue weighted by Crippen LogP contribution is 2.37. The number of alkyl halides is 1. The third-order valence-corrected chi connectivity index (χ3v) is 4.97. The highest BCUT2D eigenvalue weighted by atomic mass is 35.5. The standard InChI is InChI=1S/C17H23ClN2O/c1-12(13-6-3-4-7-13)20-14-8-5-9-15(21-2)17(14)19-16(20)10-11-18/h5,8-9,12-13H,3-4,6-7,10-11H2,1-2H3. The first kappa shape index (κ1) is 14.7. The van der Waals surface area contributed by atoms with Crippen molar-refractivity contribution in [3.8, 4) is 5.75 Å². The second kappa shape index (κ2) is 6.27. The van der Waals surface area contributed by atoms with E-state index in [2.05, 4.69) is 17.6 Å². The van der Waals surface area contributed by atoms with Crippen LogP contribution in [0, 0.1) is 5.92 Å². The molecule has 1 aliphatic carbocycles. The van der Waals surface area contributed by atoms with Crippen LogP contribution >= 0.6 is 11.6 Å². The quantitative estimate of drug-likeness (QED) is 0.756. The number of hydrogen-bond acceptors (Lipinski definition) is 2. The fourth-order valence-corrected chi connectivity index (χ4v) is 3.84. The van der Waals surface area contributed by atoms with Crippen LogP contribution in [0.3, 0.4) is 0 Å². The second-order valence-corrected chi connectivity index (χ2v) is 6.33. The zero-order valence-electron chi connectivity index (χ0n) is 12.8. The van der Waals surface area contributed by atoms with E-state index in [1.54, 1.807) is 7.11 Å². The van der Waals surface area contributed by atoms with Crippen LogP contribution in [0.15, 0.2) is 18.2 Å². The Hall–Kier alpha value is -1.22. The van der Waals surface area contributed by atoms with Gasteiger partial charge in [0, 0.05) is 18.3 Å². The Morgan fingerprint density at radius 1 is 1.38 bits per heavy atom. The fraction of sp³-hybridized carbons (Fsp3) is 0.588. The van der Waals surface area contributed by atoms with Gasteiger partial charge in [-0.1, -0.05) is 18.9 Å². The molecule has 0 N–H and O–H groups in total. The van der Waals surface area contributed by atoms with Crippen LogP contribution < -0.4 is 4.74 Å². The van der Waals surface area contributed by atoms with Crippen molar-refractivity contribution < 1.29 is 4.74 Å². The number of halogens is 1. The molecule has 1 unspecified atom stereocenters. The zero-order valence-corrected chi connectivity index (χ0v) is 13.6. The average molecular weight is 307 g/mol. The molecule has 1 heterocycles. The number of fused-ring (bicyclic) bond motifs is 1. The van der Waals surface area contributed by atoms with Gasteiger partial charge in [-0.15, -0.1) is 11.6 Å². The SMILES string of the molecule is COc1cccc2c1nc(CCCl)n2C(C)C1CCCC1. The first-order valence-corrected chi connectivity index (χ1v) is 8.39. The third-order valence-electron chi connectivity index (χ3n) is 4.78. The molecule has 1 aromatic carbocycles. The van der Waals surface area contributed by atoms with E-state index in [0.29, 0.717) is 11.9 Å².